The van der Waals surface area contributed by atoms with Crippen molar-refractivity contribution in [1.82, 2.24) is 20.2 Å². The topological polar surface area (TPSA) is 67.4 Å². The van der Waals surface area contributed by atoms with Gasteiger partial charge in [-0.1, -0.05) is 19.9 Å². The minimum absolute atomic E-state index is 0.00213. The zero-order valence-corrected chi connectivity index (χ0v) is 14.6. The van der Waals surface area contributed by atoms with Crippen LogP contribution in [0, 0.1) is 5.92 Å². The number of hydrogen-bond donors (Lipinski definition) is 1. The Kier molecular flexibility index (Phi) is 5.48. The summed E-state index contributed by atoms with van der Waals surface area (Å²) < 4.78 is 5.90. The smallest absolute Gasteiger partial charge is 0.318 e. The molecule has 2 amide bonds. The van der Waals surface area contributed by atoms with Crippen LogP contribution in [0.2, 0.25) is 0 Å². The van der Waals surface area contributed by atoms with E-state index in [9.17, 15) is 4.79 Å². The Morgan fingerprint density at radius 1 is 1.28 bits per heavy atom. The van der Waals surface area contributed by atoms with Crippen molar-refractivity contribution >= 4 is 6.03 Å². The first-order valence-electron chi connectivity index (χ1n) is 8.66. The second kappa shape index (κ2) is 7.96. The van der Waals surface area contributed by atoms with Gasteiger partial charge in [0, 0.05) is 25.4 Å². The van der Waals surface area contributed by atoms with Gasteiger partial charge in [0.2, 0.25) is 0 Å². The summed E-state index contributed by atoms with van der Waals surface area (Å²) in [5, 5.41) is 3.12. The molecule has 3 heterocycles. The van der Waals surface area contributed by atoms with Gasteiger partial charge in [0.25, 0.3) is 0 Å². The highest BCUT2D eigenvalue weighted by atomic mass is 16.5. The van der Waals surface area contributed by atoms with Crippen LogP contribution in [0.1, 0.15) is 32.0 Å². The third-order valence-corrected chi connectivity index (χ3v) is 4.32. The number of amides is 2. The van der Waals surface area contributed by atoms with Crippen LogP contribution in [-0.4, -0.2) is 40.1 Å². The van der Waals surface area contributed by atoms with Crippen molar-refractivity contribution in [2.45, 2.75) is 32.4 Å². The van der Waals surface area contributed by atoms with Gasteiger partial charge >= 0.3 is 6.03 Å². The largest absolute Gasteiger partial charge is 0.487 e. The molecule has 3 rings (SSSR count). The van der Waals surface area contributed by atoms with Crippen LogP contribution in [0.5, 0.6) is 5.75 Å². The number of ether oxygens (including phenoxy) is 1. The number of nitrogens with one attached hydrogen (secondary N) is 1. The molecule has 0 unspecified atom stereocenters. The maximum Gasteiger partial charge on any atom is 0.318 e. The second-order valence-electron chi connectivity index (χ2n) is 6.59. The molecule has 0 aromatic carbocycles. The fourth-order valence-electron chi connectivity index (χ4n) is 2.98. The molecule has 0 bridgehead atoms. The average Bonchev–Trinajstić information content (AvgIpc) is 3.09. The van der Waals surface area contributed by atoms with Gasteiger partial charge in [0.05, 0.1) is 24.5 Å². The molecule has 2 atom stereocenters. The SMILES string of the molecule is CC(C)[C@@H](NC(=O)N1CC[C@@H](Oc2cccnc2)C1)c1ccccn1. The first-order chi connectivity index (χ1) is 12.1. The predicted octanol–water partition coefficient (Wildman–Crippen LogP) is 3.04. The third-order valence-electron chi connectivity index (χ3n) is 4.32. The van der Waals surface area contributed by atoms with E-state index in [2.05, 4.69) is 29.1 Å². The summed E-state index contributed by atoms with van der Waals surface area (Å²) in [4.78, 5) is 22.9. The van der Waals surface area contributed by atoms with Crippen molar-refractivity contribution in [3.05, 3.63) is 54.6 Å². The van der Waals surface area contributed by atoms with Gasteiger partial charge in [-0.15, -0.1) is 0 Å². The van der Waals surface area contributed by atoms with Gasteiger partial charge in [-0.3, -0.25) is 9.97 Å². The molecule has 2 aromatic heterocycles. The van der Waals surface area contributed by atoms with Crippen LogP contribution < -0.4 is 10.1 Å². The van der Waals surface area contributed by atoms with E-state index in [1.54, 1.807) is 23.5 Å². The van der Waals surface area contributed by atoms with E-state index in [1.807, 2.05) is 30.3 Å². The van der Waals surface area contributed by atoms with Crippen molar-refractivity contribution in [2.24, 2.45) is 5.92 Å². The lowest BCUT2D eigenvalue weighted by atomic mass is 10.0. The Hall–Kier alpha value is -2.63. The molecule has 0 saturated carbocycles. The van der Waals surface area contributed by atoms with E-state index in [-0.39, 0.29) is 24.1 Å². The van der Waals surface area contributed by atoms with Gasteiger partial charge in [-0.25, -0.2) is 4.79 Å². The zero-order valence-electron chi connectivity index (χ0n) is 14.6. The molecule has 6 nitrogen and oxygen atoms in total. The van der Waals surface area contributed by atoms with Crippen LogP contribution in [0.4, 0.5) is 4.79 Å². The Bertz CT molecular complexity index is 678. The number of likely N-dealkylation sites (tertiary alicyclic amines) is 1. The Morgan fingerprint density at radius 3 is 2.84 bits per heavy atom. The number of rotatable bonds is 5. The lowest BCUT2D eigenvalue weighted by Gasteiger charge is -2.25. The van der Waals surface area contributed by atoms with Crippen LogP contribution in [0.25, 0.3) is 0 Å². The number of carbonyl (C=O) groups is 1. The Balaban J connectivity index is 1.58. The van der Waals surface area contributed by atoms with Crippen molar-refractivity contribution < 1.29 is 9.53 Å². The van der Waals surface area contributed by atoms with Crippen LogP contribution in [0.15, 0.2) is 48.9 Å². The summed E-state index contributed by atoms with van der Waals surface area (Å²) in [5.74, 6) is 0.993. The normalized spacial score (nSPS) is 18.2. The maximum absolute atomic E-state index is 12.7. The first-order valence-corrected chi connectivity index (χ1v) is 8.66. The zero-order chi connectivity index (χ0) is 17.6. The van der Waals surface area contributed by atoms with Crippen LogP contribution >= 0.6 is 0 Å². The molecule has 1 saturated heterocycles. The molecule has 0 radical (unpaired) electrons. The number of nitrogens with zero attached hydrogens (tertiary/aromatic N) is 3. The third kappa shape index (κ3) is 4.47. The number of carbonyl (C=O) groups excluding carboxylic acids is 1. The molecule has 1 aliphatic heterocycles. The predicted molar refractivity (Wildman–Crippen MR) is 95.2 cm³/mol. The van der Waals surface area contributed by atoms with Gasteiger partial charge in [-0.2, -0.15) is 0 Å². The number of aromatic nitrogens is 2. The molecular formula is C19H24N4O2. The molecule has 6 heteroatoms. The van der Waals surface area contributed by atoms with E-state index in [1.165, 1.54) is 0 Å². The maximum atomic E-state index is 12.7. The number of pyridine rings is 2. The first kappa shape index (κ1) is 17.2. The molecule has 1 N–H and O–H groups in total. The van der Waals surface area contributed by atoms with E-state index in [4.69, 9.17) is 4.74 Å². The fraction of sp³-hybridized carbons (Fsp3) is 0.421. The number of urea groups is 1. The molecule has 2 aromatic rings. The summed E-state index contributed by atoms with van der Waals surface area (Å²) in [6.07, 6.45) is 5.98. The quantitative estimate of drug-likeness (QED) is 0.908. The lowest BCUT2D eigenvalue weighted by molar-refractivity contribution is 0.181. The van der Waals surface area contributed by atoms with Crippen molar-refractivity contribution in [2.75, 3.05) is 13.1 Å². The molecule has 25 heavy (non-hydrogen) atoms. The Labute approximate surface area is 148 Å². The highest BCUT2D eigenvalue weighted by Crippen LogP contribution is 2.22. The molecule has 0 spiro atoms. The van der Waals surface area contributed by atoms with Crippen molar-refractivity contribution in [3.63, 3.8) is 0 Å². The summed E-state index contributed by atoms with van der Waals surface area (Å²) in [6.45, 7) is 5.42. The minimum atomic E-state index is -0.105. The van der Waals surface area contributed by atoms with E-state index < -0.39 is 0 Å². The lowest BCUT2D eigenvalue weighted by Crippen LogP contribution is -2.42. The summed E-state index contributed by atoms with van der Waals surface area (Å²) in [5.41, 5.74) is 0.883. The standard InChI is InChI=1S/C19H24N4O2/c1-14(2)18(17-7-3-4-10-21-17)22-19(24)23-11-8-16(13-23)25-15-6-5-9-20-12-15/h3-7,9-10,12,14,16,18H,8,11,13H2,1-2H3,(H,22,24)/t16-,18-/m1/s1. The van der Waals surface area contributed by atoms with Crippen LogP contribution in [-0.2, 0) is 0 Å². The average molecular weight is 340 g/mol. The molecule has 132 valence electrons. The number of hydrogen-bond acceptors (Lipinski definition) is 4. The summed E-state index contributed by atoms with van der Waals surface area (Å²) >= 11 is 0. The van der Waals surface area contributed by atoms with E-state index in [0.717, 1.165) is 17.9 Å². The van der Waals surface area contributed by atoms with Crippen molar-refractivity contribution in [3.8, 4) is 5.75 Å². The van der Waals surface area contributed by atoms with Crippen molar-refractivity contribution in [1.29, 1.82) is 0 Å². The van der Waals surface area contributed by atoms with Gasteiger partial charge < -0.3 is 15.0 Å². The summed E-state index contributed by atoms with van der Waals surface area (Å²) in [7, 11) is 0. The van der Waals surface area contributed by atoms with Gasteiger partial charge in [-0.05, 0) is 30.2 Å². The van der Waals surface area contributed by atoms with E-state index in [0.29, 0.717) is 13.1 Å². The molecule has 0 aliphatic carbocycles. The van der Waals surface area contributed by atoms with Gasteiger partial charge in [0.15, 0.2) is 0 Å². The molecule has 1 aliphatic rings. The summed E-state index contributed by atoms with van der Waals surface area (Å²) in [6, 6.07) is 9.32. The Morgan fingerprint density at radius 2 is 2.16 bits per heavy atom. The molecule has 1 fully saturated rings. The fourth-order valence-corrected chi connectivity index (χ4v) is 2.98. The highest BCUT2D eigenvalue weighted by molar-refractivity contribution is 5.75. The molecular weight excluding hydrogens is 316 g/mol. The van der Waals surface area contributed by atoms with E-state index >= 15 is 0 Å². The minimum Gasteiger partial charge on any atom is -0.487 e. The van der Waals surface area contributed by atoms with Gasteiger partial charge in [0.1, 0.15) is 11.9 Å². The second-order valence-corrected chi connectivity index (χ2v) is 6.59. The highest BCUT2D eigenvalue weighted by Gasteiger charge is 2.30. The van der Waals surface area contributed by atoms with Crippen LogP contribution in [0.3, 0.4) is 0 Å². The monoisotopic (exact) mass is 340 g/mol.